The van der Waals surface area contributed by atoms with Crippen LogP contribution in [0.25, 0.3) is 0 Å². The van der Waals surface area contributed by atoms with Gasteiger partial charge in [-0.15, -0.1) is 0 Å². The van der Waals surface area contributed by atoms with E-state index in [9.17, 15) is 0 Å². The van der Waals surface area contributed by atoms with E-state index >= 15 is 0 Å². The summed E-state index contributed by atoms with van der Waals surface area (Å²) in [4.78, 5) is 0. The van der Waals surface area contributed by atoms with E-state index in [-0.39, 0.29) is 0 Å². The van der Waals surface area contributed by atoms with Crippen LogP contribution in [0.5, 0.6) is 0 Å². The third-order valence-corrected chi connectivity index (χ3v) is 4.08. The first-order valence-corrected chi connectivity index (χ1v) is 5.78. The van der Waals surface area contributed by atoms with E-state index in [1.165, 1.54) is 32.1 Å². The normalized spacial score (nSPS) is 44.8. The third kappa shape index (κ3) is 2.07. The maximum absolute atomic E-state index is 5.26. The van der Waals surface area contributed by atoms with Gasteiger partial charge in [0.25, 0.3) is 0 Å². The van der Waals surface area contributed by atoms with Crippen LogP contribution >= 0.6 is 0 Å². The van der Waals surface area contributed by atoms with Crippen molar-refractivity contribution in [1.29, 1.82) is 0 Å². The Morgan fingerprint density at radius 3 is 2.62 bits per heavy atom. The Morgan fingerprint density at radius 1 is 1.08 bits per heavy atom. The third-order valence-electron chi connectivity index (χ3n) is 4.08. The Hall–Kier alpha value is -0.0400. The minimum absolute atomic E-state index is 0.880. The molecular weight excluding hydrogens is 160 g/mol. The van der Waals surface area contributed by atoms with Crippen molar-refractivity contribution in [2.45, 2.75) is 39.0 Å². The maximum atomic E-state index is 5.26. The van der Waals surface area contributed by atoms with Crippen LogP contribution in [0.1, 0.15) is 39.0 Å². The van der Waals surface area contributed by atoms with Gasteiger partial charge in [0.2, 0.25) is 0 Å². The second-order valence-corrected chi connectivity index (χ2v) is 5.23. The van der Waals surface area contributed by atoms with Gasteiger partial charge in [0.15, 0.2) is 0 Å². The average Bonchev–Trinajstić information content (AvgIpc) is 2.46. The topological polar surface area (TPSA) is 9.23 Å². The molecule has 0 aromatic heterocycles. The van der Waals surface area contributed by atoms with E-state index in [2.05, 4.69) is 6.92 Å². The predicted molar refractivity (Wildman–Crippen MR) is 54.6 cm³/mol. The summed E-state index contributed by atoms with van der Waals surface area (Å²) >= 11 is 0. The zero-order chi connectivity index (χ0) is 9.26. The van der Waals surface area contributed by atoms with E-state index in [4.69, 9.17) is 4.74 Å². The largest absolute Gasteiger partial charge is 0.384 e. The smallest absolute Gasteiger partial charge is 0.0490 e. The molecule has 4 atom stereocenters. The van der Waals surface area contributed by atoms with Crippen LogP contribution in [0.2, 0.25) is 0 Å². The Morgan fingerprint density at radius 2 is 1.85 bits per heavy atom. The molecule has 76 valence electrons. The molecule has 2 rings (SSSR count). The summed E-state index contributed by atoms with van der Waals surface area (Å²) in [6.45, 7) is 3.42. The molecule has 2 aliphatic rings. The van der Waals surface area contributed by atoms with E-state index in [0.717, 1.165) is 30.3 Å². The summed E-state index contributed by atoms with van der Waals surface area (Å²) in [6.07, 6.45) is 7.35. The van der Waals surface area contributed by atoms with Crippen molar-refractivity contribution in [3.05, 3.63) is 0 Å². The van der Waals surface area contributed by atoms with Gasteiger partial charge >= 0.3 is 0 Å². The molecule has 1 heteroatoms. The van der Waals surface area contributed by atoms with Crippen molar-refractivity contribution in [1.82, 2.24) is 0 Å². The average molecular weight is 182 g/mol. The maximum Gasteiger partial charge on any atom is 0.0490 e. The monoisotopic (exact) mass is 182 g/mol. The molecule has 0 radical (unpaired) electrons. The number of methoxy groups -OCH3 is 1. The fourth-order valence-electron chi connectivity index (χ4n) is 3.48. The Labute approximate surface area is 81.9 Å². The molecule has 2 saturated carbocycles. The first kappa shape index (κ1) is 9.51. The first-order valence-electron chi connectivity index (χ1n) is 5.78. The lowest BCUT2D eigenvalue weighted by molar-refractivity contribution is 0.152. The SMILES string of the molecule is COCC1CC2CC[C@@H](C)CC2C1. The highest BCUT2D eigenvalue weighted by atomic mass is 16.5. The molecule has 0 saturated heterocycles. The predicted octanol–water partition coefficient (Wildman–Crippen LogP) is 3.10. The number of fused-ring (bicyclic) bond motifs is 1. The van der Waals surface area contributed by atoms with E-state index in [1.807, 2.05) is 7.11 Å². The van der Waals surface area contributed by atoms with Gasteiger partial charge in [-0.25, -0.2) is 0 Å². The van der Waals surface area contributed by atoms with Crippen LogP contribution in [-0.2, 0) is 4.74 Å². The van der Waals surface area contributed by atoms with E-state index < -0.39 is 0 Å². The van der Waals surface area contributed by atoms with Crippen molar-refractivity contribution in [2.24, 2.45) is 23.7 Å². The summed E-state index contributed by atoms with van der Waals surface area (Å²) < 4.78 is 5.26. The van der Waals surface area contributed by atoms with Gasteiger partial charge in [-0.05, 0) is 49.4 Å². The van der Waals surface area contributed by atoms with Gasteiger partial charge in [0.05, 0.1) is 0 Å². The molecule has 0 amide bonds. The van der Waals surface area contributed by atoms with Crippen LogP contribution in [0.3, 0.4) is 0 Å². The van der Waals surface area contributed by atoms with Gasteiger partial charge in [-0.1, -0.05) is 13.3 Å². The van der Waals surface area contributed by atoms with Gasteiger partial charge < -0.3 is 4.74 Å². The van der Waals surface area contributed by atoms with Crippen LogP contribution in [0.4, 0.5) is 0 Å². The number of hydrogen-bond acceptors (Lipinski definition) is 1. The molecule has 0 spiro atoms. The van der Waals surface area contributed by atoms with Crippen LogP contribution in [0.15, 0.2) is 0 Å². The van der Waals surface area contributed by atoms with Crippen molar-refractivity contribution in [2.75, 3.05) is 13.7 Å². The molecule has 0 aliphatic heterocycles. The molecule has 0 N–H and O–H groups in total. The second-order valence-electron chi connectivity index (χ2n) is 5.23. The number of rotatable bonds is 2. The van der Waals surface area contributed by atoms with E-state index in [1.54, 1.807) is 0 Å². The summed E-state index contributed by atoms with van der Waals surface area (Å²) in [6, 6.07) is 0. The second kappa shape index (κ2) is 4.00. The summed E-state index contributed by atoms with van der Waals surface area (Å²) in [7, 11) is 1.84. The number of hydrogen-bond donors (Lipinski definition) is 0. The first-order chi connectivity index (χ1) is 6.29. The van der Waals surface area contributed by atoms with Crippen LogP contribution in [0, 0.1) is 23.7 Å². The van der Waals surface area contributed by atoms with Crippen LogP contribution in [-0.4, -0.2) is 13.7 Å². The Kier molecular flexibility index (Phi) is 2.92. The summed E-state index contributed by atoms with van der Waals surface area (Å²) in [5, 5.41) is 0. The van der Waals surface area contributed by atoms with Gasteiger partial charge in [0, 0.05) is 13.7 Å². The molecule has 13 heavy (non-hydrogen) atoms. The summed E-state index contributed by atoms with van der Waals surface area (Å²) in [5.74, 6) is 3.97. The molecule has 0 heterocycles. The van der Waals surface area contributed by atoms with Crippen molar-refractivity contribution in [3.8, 4) is 0 Å². The standard InChI is InChI=1S/C12H22O/c1-9-3-4-11-6-10(8-13-2)7-12(11)5-9/h9-12H,3-8H2,1-2H3/t9-,10?,11?,12?/m1/s1. The highest BCUT2D eigenvalue weighted by Crippen LogP contribution is 2.46. The Bertz CT molecular complexity index is 167. The number of ether oxygens (including phenoxy) is 1. The molecule has 3 unspecified atom stereocenters. The molecular formula is C12H22O. The van der Waals surface area contributed by atoms with Gasteiger partial charge in [0.1, 0.15) is 0 Å². The lowest BCUT2D eigenvalue weighted by Gasteiger charge is -2.29. The highest BCUT2D eigenvalue weighted by Gasteiger charge is 2.37. The van der Waals surface area contributed by atoms with Crippen molar-refractivity contribution in [3.63, 3.8) is 0 Å². The zero-order valence-electron chi connectivity index (χ0n) is 8.96. The van der Waals surface area contributed by atoms with Crippen molar-refractivity contribution < 1.29 is 4.74 Å². The van der Waals surface area contributed by atoms with Crippen LogP contribution < -0.4 is 0 Å². The molecule has 0 aromatic rings. The van der Waals surface area contributed by atoms with E-state index in [0.29, 0.717) is 0 Å². The lowest BCUT2D eigenvalue weighted by atomic mass is 9.77. The molecule has 0 aromatic carbocycles. The van der Waals surface area contributed by atoms with Gasteiger partial charge in [-0.3, -0.25) is 0 Å². The highest BCUT2D eigenvalue weighted by molar-refractivity contribution is 4.87. The minimum atomic E-state index is 0.880. The fraction of sp³-hybridized carbons (Fsp3) is 1.00. The summed E-state index contributed by atoms with van der Waals surface area (Å²) in [5.41, 5.74) is 0. The fourth-order valence-corrected chi connectivity index (χ4v) is 3.48. The zero-order valence-corrected chi connectivity index (χ0v) is 8.96. The molecule has 2 aliphatic carbocycles. The lowest BCUT2D eigenvalue weighted by Crippen LogP contribution is -2.18. The molecule has 2 fully saturated rings. The van der Waals surface area contributed by atoms with Gasteiger partial charge in [-0.2, -0.15) is 0 Å². The minimum Gasteiger partial charge on any atom is -0.384 e. The molecule has 0 bridgehead atoms. The molecule has 1 nitrogen and oxygen atoms in total. The van der Waals surface area contributed by atoms with Crippen molar-refractivity contribution >= 4 is 0 Å². The quantitative estimate of drug-likeness (QED) is 0.637. The Balaban J connectivity index is 1.87.